The van der Waals surface area contributed by atoms with Crippen LogP contribution in [0, 0.1) is 0 Å². The third kappa shape index (κ3) is 12.0. The predicted octanol–water partition coefficient (Wildman–Crippen LogP) is 1.31. The molecule has 0 heterocycles. The van der Waals surface area contributed by atoms with Gasteiger partial charge in [0, 0.05) is 13.1 Å². The second-order valence-electron chi connectivity index (χ2n) is 6.34. The van der Waals surface area contributed by atoms with E-state index in [0.717, 1.165) is 37.5 Å². The van der Waals surface area contributed by atoms with Crippen molar-refractivity contribution in [1.29, 1.82) is 0 Å². The lowest BCUT2D eigenvalue weighted by atomic mass is 10.1. The summed E-state index contributed by atoms with van der Waals surface area (Å²) < 4.78 is 4.77. The molecule has 1 rings (SSSR count). The fourth-order valence-corrected chi connectivity index (χ4v) is 2.53. The number of hydrazine groups is 1. The van der Waals surface area contributed by atoms with Crippen LogP contribution in [0.25, 0.3) is 0 Å². The average molecular weight is 393 g/mol. The summed E-state index contributed by atoms with van der Waals surface area (Å²) in [6.07, 6.45) is 4.72. The zero-order chi connectivity index (χ0) is 20.5. The molecule has 0 aromatic heterocycles. The molecule has 0 fully saturated rings. The van der Waals surface area contributed by atoms with Gasteiger partial charge in [-0.15, -0.1) is 0 Å². The Balaban J connectivity index is 1.98. The summed E-state index contributed by atoms with van der Waals surface area (Å²) in [5, 5.41) is 5.50. The number of carbonyl (C=O) groups excluding carboxylic acids is 3. The smallest absolute Gasteiger partial charge is 0.407 e. The maximum atomic E-state index is 11.8. The van der Waals surface area contributed by atoms with Gasteiger partial charge in [-0.25, -0.2) is 15.6 Å². The molecule has 1 aromatic carbocycles. The second kappa shape index (κ2) is 15.6. The number of carbonyl (C=O) groups is 3. The van der Waals surface area contributed by atoms with Crippen molar-refractivity contribution in [3.05, 3.63) is 35.9 Å². The van der Waals surface area contributed by atoms with Gasteiger partial charge in [0.25, 0.3) is 0 Å². The minimum atomic E-state index is -0.390. The van der Waals surface area contributed by atoms with Crippen molar-refractivity contribution >= 4 is 18.3 Å². The Morgan fingerprint density at radius 2 is 1.71 bits per heavy atom. The van der Waals surface area contributed by atoms with Crippen molar-refractivity contribution in [3.63, 3.8) is 0 Å². The molecule has 1 atom stereocenters. The Kier molecular flexibility index (Phi) is 13.1. The SMILES string of the molecule is CCOC(=O)NCCCCCCNC(=O)CNN[C@H](C=O)Cc1ccccc1. The van der Waals surface area contributed by atoms with Gasteiger partial charge in [-0.1, -0.05) is 43.2 Å². The first-order valence-electron chi connectivity index (χ1n) is 9.80. The van der Waals surface area contributed by atoms with Crippen LogP contribution in [0.5, 0.6) is 0 Å². The molecule has 0 bridgehead atoms. The van der Waals surface area contributed by atoms with Gasteiger partial charge in [-0.3, -0.25) is 4.79 Å². The number of nitrogens with one attached hydrogen (secondary N) is 4. The normalized spacial score (nSPS) is 11.5. The largest absolute Gasteiger partial charge is 0.450 e. The van der Waals surface area contributed by atoms with Crippen molar-refractivity contribution in [2.24, 2.45) is 0 Å². The third-order valence-electron chi connectivity index (χ3n) is 3.97. The van der Waals surface area contributed by atoms with Crippen molar-refractivity contribution in [2.75, 3.05) is 26.2 Å². The standard InChI is InChI=1S/C20H32N4O4/c1-2-28-20(27)22-13-9-4-3-8-12-21-19(26)15-23-24-18(16-25)14-17-10-6-5-7-11-17/h5-7,10-11,16,18,23-24H,2-4,8-9,12-15H2,1H3,(H,21,26)(H,22,27)/t18-/m0/s1. The molecular weight excluding hydrogens is 360 g/mol. The first-order chi connectivity index (χ1) is 13.7. The molecule has 0 unspecified atom stereocenters. The maximum absolute atomic E-state index is 11.8. The third-order valence-corrected chi connectivity index (χ3v) is 3.97. The van der Waals surface area contributed by atoms with Gasteiger partial charge in [0.15, 0.2) is 0 Å². The summed E-state index contributed by atoms with van der Waals surface area (Å²) in [6.45, 7) is 3.45. The van der Waals surface area contributed by atoms with Gasteiger partial charge >= 0.3 is 6.09 Å². The first-order valence-corrected chi connectivity index (χ1v) is 9.80. The zero-order valence-electron chi connectivity index (χ0n) is 16.5. The van der Waals surface area contributed by atoms with E-state index >= 15 is 0 Å². The Hall–Kier alpha value is -2.45. The molecule has 0 saturated heterocycles. The number of hydrogen-bond acceptors (Lipinski definition) is 6. The highest BCUT2D eigenvalue weighted by Crippen LogP contribution is 2.01. The van der Waals surface area contributed by atoms with Crippen LogP contribution in [0.2, 0.25) is 0 Å². The van der Waals surface area contributed by atoms with Gasteiger partial charge in [0.2, 0.25) is 5.91 Å². The van der Waals surface area contributed by atoms with Gasteiger partial charge in [0.1, 0.15) is 6.29 Å². The number of hydrogen-bond donors (Lipinski definition) is 4. The quantitative estimate of drug-likeness (QED) is 0.204. The van der Waals surface area contributed by atoms with Crippen LogP contribution in [0.3, 0.4) is 0 Å². The monoisotopic (exact) mass is 392 g/mol. The number of ether oxygens (including phenoxy) is 1. The number of aldehydes is 1. The molecule has 0 saturated carbocycles. The van der Waals surface area contributed by atoms with E-state index in [2.05, 4.69) is 21.5 Å². The van der Waals surface area contributed by atoms with Crippen LogP contribution < -0.4 is 21.5 Å². The molecular formula is C20H32N4O4. The summed E-state index contributed by atoms with van der Waals surface area (Å²) in [7, 11) is 0. The molecule has 8 nitrogen and oxygen atoms in total. The molecule has 2 amide bonds. The fraction of sp³-hybridized carbons (Fsp3) is 0.550. The Bertz CT molecular complexity index is 569. The molecule has 0 aliphatic rings. The Labute approximate surface area is 166 Å². The molecule has 0 aliphatic carbocycles. The molecule has 28 heavy (non-hydrogen) atoms. The highest BCUT2D eigenvalue weighted by Gasteiger charge is 2.08. The van der Waals surface area contributed by atoms with E-state index in [1.807, 2.05) is 30.3 Å². The highest BCUT2D eigenvalue weighted by molar-refractivity contribution is 5.77. The van der Waals surface area contributed by atoms with E-state index in [1.54, 1.807) is 6.92 Å². The molecule has 156 valence electrons. The van der Waals surface area contributed by atoms with E-state index in [4.69, 9.17) is 4.74 Å². The maximum Gasteiger partial charge on any atom is 0.407 e. The second-order valence-corrected chi connectivity index (χ2v) is 6.34. The van der Waals surface area contributed by atoms with E-state index in [9.17, 15) is 14.4 Å². The average Bonchev–Trinajstić information content (AvgIpc) is 2.70. The molecule has 4 N–H and O–H groups in total. The Morgan fingerprint density at radius 1 is 1.04 bits per heavy atom. The van der Waals surface area contributed by atoms with Gasteiger partial charge in [-0.2, -0.15) is 0 Å². The topological polar surface area (TPSA) is 109 Å². The lowest BCUT2D eigenvalue weighted by Crippen LogP contribution is -2.47. The van der Waals surface area contributed by atoms with E-state index in [-0.39, 0.29) is 18.5 Å². The summed E-state index contributed by atoms with van der Waals surface area (Å²) in [5.74, 6) is -0.124. The van der Waals surface area contributed by atoms with Crippen LogP contribution in [-0.4, -0.2) is 50.6 Å². The van der Waals surface area contributed by atoms with Crippen molar-refractivity contribution in [1.82, 2.24) is 21.5 Å². The summed E-state index contributed by atoms with van der Waals surface area (Å²) >= 11 is 0. The zero-order valence-corrected chi connectivity index (χ0v) is 16.5. The minimum absolute atomic E-state index is 0.0998. The number of benzene rings is 1. The summed E-state index contributed by atoms with van der Waals surface area (Å²) in [4.78, 5) is 34.0. The molecule has 8 heteroatoms. The van der Waals surface area contributed by atoms with Crippen molar-refractivity contribution in [2.45, 2.75) is 45.1 Å². The van der Waals surface area contributed by atoms with E-state index < -0.39 is 6.04 Å². The van der Waals surface area contributed by atoms with Crippen molar-refractivity contribution in [3.8, 4) is 0 Å². The lowest BCUT2D eigenvalue weighted by molar-refractivity contribution is -0.120. The molecule has 0 radical (unpaired) electrons. The van der Waals surface area contributed by atoms with Crippen LogP contribution >= 0.6 is 0 Å². The fourth-order valence-electron chi connectivity index (χ4n) is 2.53. The number of rotatable bonds is 15. The first kappa shape index (κ1) is 23.6. The molecule has 1 aromatic rings. The predicted molar refractivity (Wildman–Crippen MR) is 108 cm³/mol. The summed E-state index contributed by atoms with van der Waals surface area (Å²) in [6, 6.07) is 9.30. The number of amides is 2. The van der Waals surface area contributed by atoms with Gasteiger partial charge in [0.05, 0.1) is 19.2 Å². The van der Waals surface area contributed by atoms with Crippen LogP contribution in [0.1, 0.15) is 38.2 Å². The van der Waals surface area contributed by atoms with Crippen molar-refractivity contribution < 1.29 is 19.1 Å². The van der Waals surface area contributed by atoms with Crippen LogP contribution in [-0.2, 0) is 20.7 Å². The molecule has 0 spiro atoms. The van der Waals surface area contributed by atoms with Gasteiger partial charge in [-0.05, 0) is 31.7 Å². The lowest BCUT2D eigenvalue weighted by Gasteiger charge is -2.14. The van der Waals surface area contributed by atoms with Crippen LogP contribution in [0.4, 0.5) is 4.79 Å². The number of unbranched alkanes of at least 4 members (excludes halogenated alkanes) is 3. The van der Waals surface area contributed by atoms with E-state index in [0.29, 0.717) is 26.1 Å². The number of alkyl carbamates (subject to hydrolysis) is 1. The highest BCUT2D eigenvalue weighted by atomic mass is 16.5. The van der Waals surface area contributed by atoms with Gasteiger partial charge < -0.3 is 20.2 Å². The summed E-state index contributed by atoms with van der Waals surface area (Å²) in [5.41, 5.74) is 6.72. The minimum Gasteiger partial charge on any atom is -0.450 e. The molecule has 0 aliphatic heterocycles. The Morgan fingerprint density at radius 3 is 2.36 bits per heavy atom. The van der Waals surface area contributed by atoms with Crippen LogP contribution in [0.15, 0.2) is 30.3 Å². The van der Waals surface area contributed by atoms with E-state index in [1.165, 1.54) is 0 Å².